The van der Waals surface area contributed by atoms with E-state index >= 15 is 0 Å². The topological polar surface area (TPSA) is 63.8 Å². The molecule has 0 fully saturated rings. The summed E-state index contributed by atoms with van der Waals surface area (Å²) in [4.78, 5) is 7.85. The van der Waals surface area contributed by atoms with Crippen LogP contribution >= 0.6 is 0 Å². The number of nitrogens with one attached hydrogen (secondary N) is 1. The first-order valence-corrected chi connectivity index (χ1v) is 4.64. The van der Waals surface area contributed by atoms with E-state index in [9.17, 15) is 0 Å². The number of hydrogen-bond donors (Lipinski definition) is 2. The Morgan fingerprint density at radius 3 is 2.92 bits per heavy atom. The molecule has 3 N–H and O–H groups in total. The van der Waals surface area contributed by atoms with Gasteiger partial charge in [0.1, 0.15) is 18.0 Å². The summed E-state index contributed by atoms with van der Waals surface area (Å²) in [5.74, 6) is 1.32. The number of hydrogen-bond acceptors (Lipinski definition) is 4. The average molecular weight is 180 g/mol. The third-order valence-corrected chi connectivity index (χ3v) is 1.77. The van der Waals surface area contributed by atoms with Gasteiger partial charge in [0.05, 0.1) is 0 Å². The number of nitrogens with zero attached hydrogens (tertiary/aromatic N) is 2. The smallest absolute Gasteiger partial charge is 0.131 e. The van der Waals surface area contributed by atoms with E-state index in [0.717, 1.165) is 12.4 Å². The lowest BCUT2D eigenvalue weighted by Gasteiger charge is -2.04. The van der Waals surface area contributed by atoms with Crippen LogP contribution in [0.25, 0.3) is 0 Å². The first-order valence-electron chi connectivity index (χ1n) is 4.64. The van der Waals surface area contributed by atoms with Crippen molar-refractivity contribution in [3.8, 4) is 0 Å². The second-order valence-corrected chi connectivity index (χ2v) is 2.96. The number of rotatable bonds is 5. The summed E-state index contributed by atoms with van der Waals surface area (Å²) >= 11 is 0. The minimum Gasteiger partial charge on any atom is -0.384 e. The third-order valence-electron chi connectivity index (χ3n) is 1.77. The largest absolute Gasteiger partial charge is 0.384 e. The molecule has 13 heavy (non-hydrogen) atoms. The van der Waals surface area contributed by atoms with Gasteiger partial charge in [-0.25, -0.2) is 9.97 Å². The van der Waals surface area contributed by atoms with E-state index in [4.69, 9.17) is 5.73 Å². The average Bonchev–Trinajstić information content (AvgIpc) is 2.13. The quantitative estimate of drug-likeness (QED) is 0.676. The summed E-state index contributed by atoms with van der Waals surface area (Å²) < 4.78 is 0. The van der Waals surface area contributed by atoms with Gasteiger partial charge in [0, 0.05) is 12.6 Å². The van der Waals surface area contributed by atoms with E-state index in [-0.39, 0.29) is 0 Å². The molecule has 4 heteroatoms. The zero-order chi connectivity index (χ0) is 9.52. The van der Waals surface area contributed by atoms with Gasteiger partial charge >= 0.3 is 0 Å². The highest BCUT2D eigenvalue weighted by Crippen LogP contribution is 2.04. The predicted octanol–water partition coefficient (Wildman–Crippen LogP) is 1.66. The molecule has 0 radical (unpaired) electrons. The maximum atomic E-state index is 5.50. The van der Waals surface area contributed by atoms with Gasteiger partial charge in [-0.05, 0) is 6.42 Å². The van der Waals surface area contributed by atoms with Crippen molar-refractivity contribution in [3.05, 3.63) is 12.4 Å². The van der Waals surface area contributed by atoms with Gasteiger partial charge in [0.25, 0.3) is 0 Å². The SMILES string of the molecule is CCCCCNc1cc(N)ncn1. The van der Waals surface area contributed by atoms with Crippen LogP contribution in [0.3, 0.4) is 0 Å². The summed E-state index contributed by atoms with van der Waals surface area (Å²) in [5.41, 5.74) is 5.50. The second kappa shape index (κ2) is 5.35. The second-order valence-electron chi connectivity index (χ2n) is 2.96. The van der Waals surface area contributed by atoms with Gasteiger partial charge in [0.15, 0.2) is 0 Å². The summed E-state index contributed by atoms with van der Waals surface area (Å²) in [7, 11) is 0. The van der Waals surface area contributed by atoms with Crippen LogP contribution in [0.4, 0.5) is 11.6 Å². The minimum absolute atomic E-state index is 0.507. The molecule has 72 valence electrons. The minimum atomic E-state index is 0.507. The van der Waals surface area contributed by atoms with Crippen LogP contribution in [-0.2, 0) is 0 Å². The number of aromatic nitrogens is 2. The molecular weight excluding hydrogens is 164 g/mol. The molecule has 0 aliphatic heterocycles. The summed E-state index contributed by atoms with van der Waals surface area (Å²) in [5, 5.41) is 3.19. The van der Waals surface area contributed by atoms with Crippen molar-refractivity contribution >= 4 is 11.6 Å². The van der Waals surface area contributed by atoms with Crippen LogP contribution < -0.4 is 11.1 Å². The van der Waals surface area contributed by atoms with Crippen molar-refractivity contribution in [2.24, 2.45) is 0 Å². The van der Waals surface area contributed by atoms with Gasteiger partial charge in [-0.3, -0.25) is 0 Å². The first kappa shape index (κ1) is 9.77. The van der Waals surface area contributed by atoms with Gasteiger partial charge < -0.3 is 11.1 Å². The molecule has 1 rings (SSSR count). The predicted molar refractivity (Wildman–Crippen MR) is 54.5 cm³/mol. The fourth-order valence-electron chi connectivity index (χ4n) is 1.06. The molecule has 0 aliphatic carbocycles. The molecule has 0 saturated carbocycles. The Bertz CT molecular complexity index is 249. The van der Waals surface area contributed by atoms with Crippen LogP contribution in [0, 0.1) is 0 Å². The Morgan fingerprint density at radius 1 is 1.38 bits per heavy atom. The molecule has 1 aromatic rings. The zero-order valence-electron chi connectivity index (χ0n) is 7.95. The molecule has 1 heterocycles. The number of unbranched alkanes of at least 4 members (excludes halogenated alkanes) is 2. The third kappa shape index (κ3) is 3.73. The van der Waals surface area contributed by atoms with E-state index < -0.39 is 0 Å². The van der Waals surface area contributed by atoms with Gasteiger partial charge in [-0.2, -0.15) is 0 Å². The highest BCUT2D eigenvalue weighted by Gasteiger charge is 1.93. The van der Waals surface area contributed by atoms with E-state index in [1.54, 1.807) is 6.07 Å². The summed E-state index contributed by atoms with van der Waals surface area (Å²) in [6.07, 6.45) is 5.11. The highest BCUT2D eigenvalue weighted by atomic mass is 15.0. The highest BCUT2D eigenvalue weighted by molar-refractivity contribution is 5.42. The standard InChI is InChI=1S/C9H16N4/c1-2-3-4-5-11-9-6-8(10)12-7-13-9/h6-7H,2-5H2,1H3,(H3,10,11,12,13). The molecule has 0 atom stereocenters. The van der Waals surface area contributed by atoms with Gasteiger partial charge in [-0.15, -0.1) is 0 Å². The van der Waals surface area contributed by atoms with E-state index in [1.807, 2.05) is 0 Å². The van der Waals surface area contributed by atoms with Crippen LogP contribution in [0.1, 0.15) is 26.2 Å². The van der Waals surface area contributed by atoms with E-state index in [2.05, 4.69) is 22.2 Å². The number of anilines is 2. The summed E-state index contributed by atoms with van der Waals surface area (Å²) in [6.45, 7) is 3.13. The lowest BCUT2D eigenvalue weighted by molar-refractivity contribution is 0.742. The van der Waals surface area contributed by atoms with Gasteiger partial charge in [0.2, 0.25) is 0 Å². The van der Waals surface area contributed by atoms with Crippen molar-refractivity contribution in [2.45, 2.75) is 26.2 Å². The fraction of sp³-hybridized carbons (Fsp3) is 0.556. The molecule has 0 saturated heterocycles. The Morgan fingerprint density at radius 2 is 2.23 bits per heavy atom. The maximum Gasteiger partial charge on any atom is 0.131 e. The lowest BCUT2D eigenvalue weighted by Crippen LogP contribution is -2.04. The lowest BCUT2D eigenvalue weighted by atomic mass is 10.2. The fourth-order valence-corrected chi connectivity index (χ4v) is 1.06. The van der Waals surface area contributed by atoms with Gasteiger partial charge in [-0.1, -0.05) is 19.8 Å². The molecule has 1 aromatic heterocycles. The Hall–Kier alpha value is -1.32. The summed E-state index contributed by atoms with van der Waals surface area (Å²) in [6, 6.07) is 1.74. The number of nitrogen functional groups attached to an aromatic ring is 1. The molecule has 0 aliphatic rings. The van der Waals surface area contributed by atoms with Crippen molar-refractivity contribution in [3.63, 3.8) is 0 Å². The van der Waals surface area contributed by atoms with Crippen LogP contribution in [0.2, 0.25) is 0 Å². The van der Waals surface area contributed by atoms with Crippen molar-refractivity contribution in [1.29, 1.82) is 0 Å². The first-order chi connectivity index (χ1) is 6.33. The van der Waals surface area contributed by atoms with Crippen LogP contribution in [-0.4, -0.2) is 16.5 Å². The normalized spacial score (nSPS) is 9.92. The van der Waals surface area contributed by atoms with Crippen molar-refractivity contribution in [2.75, 3.05) is 17.6 Å². The van der Waals surface area contributed by atoms with E-state index in [1.165, 1.54) is 25.6 Å². The monoisotopic (exact) mass is 180 g/mol. The van der Waals surface area contributed by atoms with E-state index in [0.29, 0.717) is 5.82 Å². The molecule has 0 unspecified atom stereocenters. The maximum absolute atomic E-state index is 5.50. The molecule has 0 spiro atoms. The van der Waals surface area contributed by atoms with Crippen LogP contribution in [0.15, 0.2) is 12.4 Å². The Kier molecular flexibility index (Phi) is 4.02. The molecule has 4 nitrogen and oxygen atoms in total. The zero-order valence-corrected chi connectivity index (χ0v) is 7.95. The van der Waals surface area contributed by atoms with Crippen LogP contribution in [0.5, 0.6) is 0 Å². The number of nitrogens with two attached hydrogens (primary N) is 1. The molecule has 0 bridgehead atoms. The Labute approximate surface area is 78.6 Å². The van der Waals surface area contributed by atoms with Crippen molar-refractivity contribution in [1.82, 2.24) is 9.97 Å². The Balaban J connectivity index is 2.28. The molecule has 0 amide bonds. The van der Waals surface area contributed by atoms with Crippen molar-refractivity contribution < 1.29 is 0 Å². The molecule has 0 aromatic carbocycles. The molecular formula is C9H16N4.